The first-order valence-corrected chi connectivity index (χ1v) is 12.0. The minimum Gasteiger partial charge on any atom is -0.457 e. The molecule has 156 valence electrons. The first kappa shape index (κ1) is 21.4. The molecule has 6 heteroatoms. The second-order valence-corrected chi connectivity index (χ2v) is 10.0. The van der Waals surface area contributed by atoms with Crippen LogP contribution in [0.2, 0.25) is 0 Å². The van der Waals surface area contributed by atoms with E-state index in [4.69, 9.17) is 4.74 Å². The van der Waals surface area contributed by atoms with Gasteiger partial charge in [-0.3, -0.25) is 4.79 Å². The number of rotatable bonds is 8. The highest BCUT2D eigenvalue weighted by Crippen LogP contribution is 2.27. The smallest absolute Gasteiger partial charge is 0.238 e. The third-order valence-electron chi connectivity index (χ3n) is 5.50. The monoisotopic (exact) mass is 415 g/mol. The summed E-state index contributed by atoms with van der Waals surface area (Å²) in [7, 11) is -3.67. The standard InChI is InChI=1S/C23H29NO4S/c1-18(23(25)24-16-19-10-4-2-5-11-19)29(26,27)17-20-12-8-9-15-22(20)28-21-13-6-3-7-14-21/h3,6-9,12-15,18-19H,2,4-5,10-11,16-17H2,1H3,(H,24,25). The molecular formula is C23H29NO4S. The van der Waals surface area contributed by atoms with Crippen LogP contribution >= 0.6 is 0 Å². The van der Waals surface area contributed by atoms with E-state index in [2.05, 4.69) is 5.32 Å². The Morgan fingerprint density at radius 3 is 2.41 bits per heavy atom. The van der Waals surface area contributed by atoms with E-state index in [9.17, 15) is 13.2 Å². The third-order valence-corrected chi connectivity index (χ3v) is 7.50. The predicted molar refractivity (Wildman–Crippen MR) is 115 cm³/mol. The Balaban J connectivity index is 1.64. The molecule has 2 aromatic rings. The van der Waals surface area contributed by atoms with Gasteiger partial charge in [0.25, 0.3) is 0 Å². The lowest BCUT2D eigenvalue weighted by Crippen LogP contribution is -2.40. The van der Waals surface area contributed by atoms with Crippen molar-refractivity contribution in [1.29, 1.82) is 0 Å². The maximum absolute atomic E-state index is 12.9. The third kappa shape index (κ3) is 6.07. The Bertz CT molecular complexity index is 905. The van der Waals surface area contributed by atoms with Crippen molar-refractivity contribution in [2.45, 2.75) is 50.0 Å². The summed E-state index contributed by atoms with van der Waals surface area (Å²) in [6, 6.07) is 16.3. The summed E-state index contributed by atoms with van der Waals surface area (Å²) >= 11 is 0. The topological polar surface area (TPSA) is 72.5 Å². The molecule has 29 heavy (non-hydrogen) atoms. The lowest BCUT2D eigenvalue weighted by atomic mass is 9.89. The lowest BCUT2D eigenvalue weighted by molar-refractivity contribution is -0.120. The normalized spacial score (nSPS) is 16.2. The molecule has 0 heterocycles. The summed E-state index contributed by atoms with van der Waals surface area (Å²) in [6.07, 6.45) is 5.83. The van der Waals surface area contributed by atoms with Gasteiger partial charge < -0.3 is 10.1 Å². The number of para-hydroxylation sites is 2. The molecule has 0 aromatic heterocycles. The van der Waals surface area contributed by atoms with E-state index < -0.39 is 21.0 Å². The summed E-state index contributed by atoms with van der Waals surface area (Å²) in [5.74, 6) is 0.918. The van der Waals surface area contributed by atoms with Crippen molar-refractivity contribution in [2.75, 3.05) is 6.54 Å². The maximum atomic E-state index is 12.9. The van der Waals surface area contributed by atoms with Crippen molar-refractivity contribution in [3.05, 3.63) is 60.2 Å². The first-order valence-electron chi connectivity index (χ1n) is 10.3. The van der Waals surface area contributed by atoms with Crippen LogP contribution in [0.25, 0.3) is 0 Å². The fourth-order valence-corrected chi connectivity index (χ4v) is 4.95. The van der Waals surface area contributed by atoms with Gasteiger partial charge in [0.05, 0.1) is 5.75 Å². The Kier molecular flexibility index (Phi) is 7.31. The van der Waals surface area contributed by atoms with Crippen LogP contribution in [0.3, 0.4) is 0 Å². The molecule has 0 aliphatic heterocycles. The summed E-state index contributed by atoms with van der Waals surface area (Å²) in [5.41, 5.74) is 0.545. The van der Waals surface area contributed by atoms with Gasteiger partial charge >= 0.3 is 0 Å². The molecule has 0 spiro atoms. The van der Waals surface area contributed by atoms with Crippen LogP contribution in [0.15, 0.2) is 54.6 Å². The molecule has 1 atom stereocenters. The van der Waals surface area contributed by atoms with Gasteiger partial charge in [0.1, 0.15) is 16.7 Å². The van der Waals surface area contributed by atoms with Gasteiger partial charge in [-0.05, 0) is 43.9 Å². The second-order valence-electron chi connectivity index (χ2n) is 7.72. The minimum atomic E-state index is -3.67. The number of hydrogen-bond donors (Lipinski definition) is 1. The van der Waals surface area contributed by atoms with Crippen LogP contribution in [0, 0.1) is 5.92 Å². The Labute approximate surface area is 173 Å². The average Bonchev–Trinajstić information content (AvgIpc) is 2.74. The van der Waals surface area contributed by atoms with Crippen LogP contribution < -0.4 is 10.1 Å². The quantitative estimate of drug-likeness (QED) is 0.690. The number of nitrogens with one attached hydrogen (secondary N) is 1. The van der Waals surface area contributed by atoms with Gasteiger partial charge in [-0.2, -0.15) is 0 Å². The Hall–Kier alpha value is -2.34. The van der Waals surface area contributed by atoms with Gasteiger partial charge in [0, 0.05) is 12.1 Å². The van der Waals surface area contributed by atoms with Gasteiger partial charge in [-0.15, -0.1) is 0 Å². The minimum absolute atomic E-state index is 0.242. The van der Waals surface area contributed by atoms with Crippen LogP contribution in [-0.4, -0.2) is 26.1 Å². The van der Waals surface area contributed by atoms with Crippen LogP contribution in [-0.2, 0) is 20.4 Å². The van der Waals surface area contributed by atoms with E-state index in [0.29, 0.717) is 29.5 Å². The Morgan fingerprint density at radius 1 is 1.03 bits per heavy atom. The van der Waals surface area contributed by atoms with Gasteiger partial charge in [-0.25, -0.2) is 8.42 Å². The molecule has 0 saturated heterocycles. The zero-order chi connectivity index (χ0) is 20.7. The zero-order valence-corrected chi connectivity index (χ0v) is 17.7. The largest absolute Gasteiger partial charge is 0.457 e. The van der Waals surface area contributed by atoms with Crippen molar-refractivity contribution in [2.24, 2.45) is 5.92 Å². The van der Waals surface area contributed by atoms with Gasteiger partial charge in [0.15, 0.2) is 9.84 Å². The molecule has 0 bridgehead atoms. The molecule has 1 N–H and O–H groups in total. The zero-order valence-electron chi connectivity index (χ0n) is 16.8. The van der Waals surface area contributed by atoms with Gasteiger partial charge in [0.2, 0.25) is 5.91 Å². The SMILES string of the molecule is CC(C(=O)NCC1CCCCC1)S(=O)(=O)Cc1ccccc1Oc1ccccc1. The van der Waals surface area contributed by atoms with Crippen LogP contribution in [0.4, 0.5) is 0 Å². The summed E-state index contributed by atoms with van der Waals surface area (Å²) in [5, 5.41) is 1.75. The average molecular weight is 416 g/mol. The van der Waals surface area contributed by atoms with E-state index in [1.54, 1.807) is 24.3 Å². The van der Waals surface area contributed by atoms with Crippen molar-refractivity contribution in [1.82, 2.24) is 5.32 Å². The number of sulfone groups is 1. The molecule has 2 aromatic carbocycles. The summed E-state index contributed by atoms with van der Waals surface area (Å²) < 4.78 is 31.6. The van der Waals surface area contributed by atoms with Gasteiger partial charge in [-0.1, -0.05) is 55.7 Å². The van der Waals surface area contributed by atoms with E-state index in [0.717, 1.165) is 12.8 Å². The molecular weight excluding hydrogens is 386 g/mol. The first-order chi connectivity index (χ1) is 14.0. The van der Waals surface area contributed by atoms with E-state index in [1.165, 1.54) is 26.2 Å². The lowest BCUT2D eigenvalue weighted by Gasteiger charge is -2.22. The molecule has 1 aliphatic rings. The van der Waals surface area contributed by atoms with E-state index >= 15 is 0 Å². The molecule has 1 saturated carbocycles. The molecule has 1 unspecified atom stereocenters. The van der Waals surface area contributed by atoms with Crippen LogP contribution in [0.5, 0.6) is 11.5 Å². The predicted octanol–water partition coefficient (Wildman–Crippen LogP) is 4.48. The number of hydrogen-bond acceptors (Lipinski definition) is 4. The van der Waals surface area contributed by atoms with Crippen molar-refractivity contribution in [3.8, 4) is 11.5 Å². The fraction of sp³-hybridized carbons (Fsp3) is 0.435. The van der Waals surface area contributed by atoms with Crippen molar-refractivity contribution < 1.29 is 17.9 Å². The number of benzene rings is 2. The number of carbonyl (C=O) groups is 1. The van der Waals surface area contributed by atoms with Crippen molar-refractivity contribution >= 4 is 15.7 Å². The number of ether oxygens (including phenoxy) is 1. The van der Waals surface area contributed by atoms with Crippen LogP contribution in [0.1, 0.15) is 44.6 Å². The highest BCUT2D eigenvalue weighted by Gasteiger charge is 2.29. The van der Waals surface area contributed by atoms with Crippen molar-refractivity contribution in [3.63, 3.8) is 0 Å². The molecule has 1 fully saturated rings. The second kappa shape index (κ2) is 9.92. The van der Waals surface area contributed by atoms with E-state index in [-0.39, 0.29) is 5.75 Å². The fourth-order valence-electron chi connectivity index (χ4n) is 3.62. The molecule has 3 rings (SSSR count). The number of amides is 1. The molecule has 1 aliphatic carbocycles. The molecule has 5 nitrogen and oxygen atoms in total. The molecule has 0 radical (unpaired) electrons. The highest BCUT2D eigenvalue weighted by atomic mass is 32.2. The number of carbonyl (C=O) groups excluding carboxylic acids is 1. The highest BCUT2D eigenvalue weighted by molar-refractivity contribution is 7.92. The summed E-state index contributed by atoms with van der Waals surface area (Å²) in [4.78, 5) is 12.5. The van der Waals surface area contributed by atoms with E-state index in [1.807, 2.05) is 30.3 Å². The summed E-state index contributed by atoms with van der Waals surface area (Å²) in [6.45, 7) is 2.03. The molecule has 1 amide bonds. The Morgan fingerprint density at radius 2 is 1.69 bits per heavy atom. The maximum Gasteiger partial charge on any atom is 0.238 e.